The predicted octanol–water partition coefficient (Wildman–Crippen LogP) is 3.00. The van der Waals surface area contributed by atoms with Crippen LogP contribution in [0.4, 0.5) is 0 Å². The molecular weight excluding hydrogens is 460 g/mol. The maximum absolute atomic E-state index is 12.6. The van der Waals surface area contributed by atoms with Crippen molar-refractivity contribution in [2.45, 2.75) is 25.0 Å². The lowest BCUT2D eigenvalue weighted by atomic mass is 10.1. The second-order valence-electron chi connectivity index (χ2n) is 7.99. The summed E-state index contributed by atoms with van der Waals surface area (Å²) in [5.74, 6) is -0.640. The zero-order valence-electron chi connectivity index (χ0n) is 17.9. The van der Waals surface area contributed by atoms with Gasteiger partial charge >= 0.3 is 5.76 Å². The van der Waals surface area contributed by atoms with Gasteiger partial charge in [-0.2, -0.15) is 5.26 Å². The molecule has 1 aliphatic rings. The fourth-order valence-corrected chi connectivity index (χ4v) is 6.45. The number of ether oxygens (including phenoxy) is 1. The van der Waals surface area contributed by atoms with Crippen LogP contribution in [0.5, 0.6) is 0 Å². The van der Waals surface area contributed by atoms with E-state index >= 15 is 0 Å². The number of carbonyl (C=O) groups excluding carboxylic acids is 1. The van der Waals surface area contributed by atoms with Gasteiger partial charge in [0.25, 0.3) is 5.91 Å². The molecule has 1 aliphatic heterocycles. The molecule has 33 heavy (non-hydrogen) atoms. The Morgan fingerprint density at radius 1 is 1.36 bits per heavy atom. The molecule has 1 fully saturated rings. The Labute approximate surface area is 197 Å². The van der Waals surface area contributed by atoms with Gasteiger partial charge in [-0.05, 0) is 41.6 Å². The summed E-state index contributed by atoms with van der Waals surface area (Å²) in [4.78, 5) is 24.4. The number of hydrogen-bond acceptors (Lipinski definition) is 8. The van der Waals surface area contributed by atoms with E-state index < -0.39 is 12.1 Å². The molecule has 8 nitrogen and oxygen atoms in total. The van der Waals surface area contributed by atoms with Crippen molar-refractivity contribution in [3.63, 3.8) is 0 Å². The summed E-state index contributed by atoms with van der Waals surface area (Å²) in [6, 6.07) is 7.31. The first-order valence-electron chi connectivity index (χ1n) is 10.6. The molecule has 10 heteroatoms. The summed E-state index contributed by atoms with van der Waals surface area (Å²) >= 11 is 3.24. The summed E-state index contributed by atoms with van der Waals surface area (Å²) in [5, 5.41) is 19.8. The minimum Gasteiger partial charge on any atom is -0.408 e. The number of rotatable bonds is 5. The molecule has 0 spiro atoms. The van der Waals surface area contributed by atoms with E-state index in [1.165, 1.54) is 4.57 Å². The maximum atomic E-state index is 12.6. The number of aromatic nitrogens is 1. The van der Waals surface area contributed by atoms with Crippen LogP contribution < -0.4 is 16.4 Å². The van der Waals surface area contributed by atoms with Crippen molar-refractivity contribution in [3.8, 4) is 17.2 Å². The summed E-state index contributed by atoms with van der Waals surface area (Å²) in [5.41, 5.74) is 4.43. The van der Waals surface area contributed by atoms with E-state index in [-0.39, 0.29) is 11.7 Å². The van der Waals surface area contributed by atoms with Crippen LogP contribution in [-0.2, 0) is 23.0 Å². The lowest BCUT2D eigenvalue weighted by molar-refractivity contribution is -0.132. The van der Waals surface area contributed by atoms with Crippen molar-refractivity contribution < 1.29 is 13.9 Å². The number of thiophene rings is 2. The highest BCUT2D eigenvalue weighted by Gasteiger charge is 2.24. The molecular formula is C23H22N4O4S2. The quantitative estimate of drug-likeness (QED) is 0.453. The molecule has 2 N–H and O–H groups in total. The summed E-state index contributed by atoms with van der Waals surface area (Å²) < 4.78 is 14.6. The van der Waals surface area contributed by atoms with Gasteiger partial charge in [-0.25, -0.2) is 4.79 Å². The molecule has 1 amide bonds. The van der Waals surface area contributed by atoms with Gasteiger partial charge in [-0.1, -0.05) is 6.07 Å². The molecule has 4 aromatic rings. The monoisotopic (exact) mass is 482 g/mol. The van der Waals surface area contributed by atoms with Gasteiger partial charge in [-0.15, -0.1) is 22.7 Å². The summed E-state index contributed by atoms with van der Waals surface area (Å²) in [6.07, 6.45) is 0.716. The van der Waals surface area contributed by atoms with Crippen LogP contribution in [0.2, 0.25) is 0 Å². The van der Waals surface area contributed by atoms with Crippen molar-refractivity contribution in [2.75, 3.05) is 19.7 Å². The van der Waals surface area contributed by atoms with E-state index in [4.69, 9.17) is 9.15 Å². The van der Waals surface area contributed by atoms with Crippen molar-refractivity contribution in [3.05, 3.63) is 45.1 Å². The van der Waals surface area contributed by atoms with Gasteiger partial charge in [0.1, 0.15) is 12.1 Å². The third-order valence-electron chi connectivity index (χ3n) is 5.79. The van der Waals surface area contributed by atoms with Crippen LogP contribution in [0.3, 0.4) is 0 Å². The topological polar surface area (TPSA) is 109 Å². The first-order chi connectivity index (χ1) is 16.0. The molecule has 0 radical (unpaired) electrons. The van der Waals surface area contributed by atoms with Crippen molar-refractivity contribution in [1.82, 2.24) is 15.2 Å². The van der Waals surface area contributed by atoms with Gasteiger partial charge in [0, 0.05) is 42.3 Å². The van der Waals surface area contributed by atoms with E-state index in [1.54, 1.807) is 29.7 Å². The number of nitrogens with one attached hydrogen (secondary N) is 2. The highest BCUT2D eigenvalue weighted by Crippen LogP contribution is 2.41. The lowest BCUT2D eigenvalue weighted by Gasteiger charge is -2.17. The largest absolute Gasteiger partial charge is 0.419 e. The molecule has 1 saturated heterocycles. The van der Waals surface area contributed by atoms with Crippen LogP contribution in [-0.4, -0.2) is 42.3 Å². The average molecular weight is 483 g/mol. The number of amides is 1. The Bertz CT molecular complexity index is 1420. The molecule has 4 heterocycles. The minimum atomic E-state index is -0.635. The van der Waals surface area contributed by atoms with Crippen LogP contribution in [0.1, 0.15) is 12.0 Å². The second kappa shape index (κ2) is 9.11. The maximum Gasteiger partial charge on any atom is 0.419 e. The average Bonchev–Trinajstić information content (AvgIpc) is 3.40. The second-order valence-corrected chi connectivity index (χ2v) is 9.75. The zero-order chi connectivity index (χ0) is 22.9. The summed E-state index contributed by atoms with van der Waals surface area (Å²) in [7, 11) is 1.69. The third kappa shape index (κ3) is 4.20. The first-order valence-corrected chi connectivity index (χ1v) is 12.4. The fourth-order valence-electron chi connectivity index (χ4n) is 4.00. The standard InChI is InChI=1S/C23H22N4O4S2/c1-27-17-8-13(3-4-18(17)31-23(27)29)16-12-33-20-14(11-32-21(16)20)7-15(9-24)26-22(28)19-10-25-5-2-6-30-19/h3-4,8,11-12,15,19,25H,2,5-7,10H2,1H3,(H,26,28)/t15-,19-/m0/s1. The highest BCUT2D eigenvalue weighted by atomic mass is 32.1. The zero-order valence-corrected chi connectivity index (χ0v) is 19.6. The van der Waals surface area contributed by atoms with Gasteiger partial charge in [0.05, 0.1) is 16.3 Å². The molecule has 0 aliphatic carbocycles. The summed E-state index contributed by atoms with van der Waals surface area (Å²) in [6.45, 7) is 1.81. The van der Waals surface area contributed by atoms with E-state index in [0.717, 1.165) is 44.6 Å². The predicted molar refractivity (Wildman–Crippen MR) is 129 cm³/mol. The van der Waals surface area contributed by atoms with Crippen molar-refractivity contribution in [2.24, 2.45) is 7.05 Å². The molecule has 1 aromatic carbocycles. The molecule has 2 atom stereocenters. The van der Waals surface area contributed by atoms with Crippen LogP contribution in [0.15, 0.2) is 38.2 Å². The van der Waals surface area contributed by atoms with E-state index in [0.29, 0.717) is 25.2 Å². The van der Waals surface area contributed by atoms with Gasteiger partial charge in [0.15, 0.2) is 5.58 Å². The Morgan fingerprint density at radius 2 is 2.21 bits per heavy atom. The van der Waals surface area contributed by atoms with Crippen molar-refractivity contribution in [1.29, 1.82) is 5.26 Å². The number of carbonyl (C=O) groups is 1. The Hall–Kier alpha value is -2.97. The van der Waals surface area contributed by atoms with E-state index in [1.807, 2.05) is 18.2 Å². The number of hydrogen-bond donors (Lipinski definition) is 2. The smallest absolute Gasteiger partial charge is 0.408 e. The SMILES string of the molecule is Cn1c(=O)oc2ccc(-c3csc4c(C[C@@H](C#N)NC(=O)[C@@H]5CNCCCO5)csc34)cc21. The number of oxazole rings is 1. The Balaban J connectivity index is 1.37. The number of aryl methyl sites for hydroxylation is 1. The lowest BCUT2D eigenvalue weighted by Crippen LogP contribution is -2.46. The molecule has 5 rings (SSSR count). The number of benzene rings is 1. The highest BCUT2D eigenvalue weighted by molar-refractivity contribution is 7.27. The fraction of sp³-hybridized carbons (Fsp3) is 0.348. The molecule has 170 valence electrons. The van der Waals surface area contributed by atoms with Crippen LogP contribution in [0.25, 0.3) is 31.6 Å². The molecule has 0 bridgehead atoms. The first kappa shape index (κ1) is 21.9. The van der Waals surface area contributed by atoms with Crippen molar-refractivity contribution >= 4 is 49.1 Å². The van der Waals surface area contributed by atoms with Crippen LogP contribution in [0, 0.1) is 11.3 Å². The Kier molecular flexibility index (Phi) is 6.03. The molecule has 0 unspecified atom stereocenters. The minimum absolute atomic E-state index is 0.256. The Morgan fingerprint density at radius 3 is 3.06 bits per heavy atom. The van der Waals surface area contributed by atoms with E-state index in [9.17, 15) is 14.9 Å². The third-order valence-corrected chi connectivity index (χ3v) is 8.04. The van der Waals surface area contributed by atoms with E-state index in [2.05, 4.69) is 27.5 Å². The van der Waals surface area contributed by atoms with Gasteiger partial charge in [0.2, 0.25) is 0 Å². The van der Waals surface area contributed by atoms with Gasteiger partial charge in [-0.3, -0.25) is 9.36 Å². The number of fused-ring (bicyclic) bond motifs is 2. The van der Waals surface area contributed by atoms with Crippen LogP contribution >= 0.6 is 22.7 Å². The normalized spacial score (nSPS) is 17.6. The number of nitrogens with zero attached hydrogens (tertiary/aromatic N) is 2. The molecule has 3 aromatic heterocycles. The van der Waals surface area contributed by atoms with Gasteiger partial charge < -0.3 is 19.8 Å². The number of nitriles is 1. The molecule has 0 saturated carbocycles.